The molecule has 1 atom stereocenters. The van der Waals surface area contributed by atoms with Gasteiger partial charge in [-0.15, -0.1) is 0 Å². The second-order valence-electron chi connectivity index (χ2n) is 6.30. The van der Waals surface area contributed by atoms with E-state index >= 15 is 0 Å². The van der Waals surface area contributed by atoms with Crippen molar-refractivity contribution in [3.63, 3.8) is 0 Å². The Morgan fingerprint density at radius 2 is 1.90 bits per heavy atom. The molecule has 2 N–H and O–H groups in total. The van der Waals surface area contributed by atoms with Gasteiger partial charge in [0, 0.05) is 0 Å². The van der Waals surface area contributed by atoms with Crippen molar-refractivity contribution < 1.29 is 18.9 Å². The fraction of sp³-hybridized carbons (Fsp3) is 0.647. The largest absolute Gasteiger partial charge is 0.497 e. The number of ether oxygens (including phenoxy) is 1. The third-order valence-corrected chi connectivity index (χ3v) is 4.38. The molecule has 20 heavy (non-hydrogen) atoms. The molecule has 0 aliphatic heterocycles. The Balaban J connectivity index is 2.21. The Bertz CT molecular complexity index is 494. The van der Waals surface area contributed by atoms with E-state index in [2.05, 4.69) is 14.1 Å². The Kier molecular flexibility index (Phi) is 3.82. The first-order valence-electron chi connectivity index (χ1n) is 9.00. The molecule has 1 fully saturated rings. The number of nitrogens with one attached hydrogen (secondary N) is 1. The molecule has 1 aliphatic rings. The normalized spacial score (nSPS) is 22.7. The SMILES string of the molecule is [2H]C([2H])([2H])Oc1ccc(C(C[NH+](C)C)C2(O)CCCCC2)cc1. The summed E-state index contributed by atoms with van der Waals surface area (Å²) in [6.45, 7) is 0.843. The van der Waals surface area contributed by atoms with E-state index < -0.39 is 12.6 Å². The van der Waals surface area contributed by atoms with Gasteiger partial charge in [-0.25, -0.2) is 0 Å². The number of hydrogen-bond donors (Lipinski definition) is 2. The minimum atomic E-state index is -2.43. The van der Waals surface area contributed by atoms with Crippen molar-refractivity contribution in [3.05, 3.63) is 29.8 Å². The van der Waals surface area contributed by atoms with Crippen LogP contribution in [-0.4, -0.2) is 38.4 Å². The molecule has 1 aromatic carbocycles. The van der Waals surface area contributed by atoms with Gasteiger partial charge in [-0.1, -0.05) is 31.4 Å². The first-order valence-corrected chi connectivity index (χ1v) is 7.50. The van der Waals surface area contributed by atoms with E-state index in [-0.39, 0.29) is 5.92 Å². The van der Waals surface area contributed by atoms with Crippen LogP contribution in [0.2, 0.25) is 0 Å². The summed E-state index contributed by atoms with van der Waals surface area (Å²) in [6, 6.07) is 7.15. The highest BCUT2D eigenvalue weighted by atomic mass is 16.5. The third kappa shape index (κ3) is 3.53. The molecule has 1 saturated carbocycles. The van der Waals surface area contributed by atoms with Gasteiger partial charge in [0.1, 0.15) is 5.75 Å². The van der Waals surface area contributed by atoms with E-state index in [9.17, 15) is 5.11 Å². The molecule has 1 aromatic rings. The lowest BCUT2D eigenvalue weighted by Crippen LogP contribution is -3.06. The first kappa shape index (κ1) is 11.6. The van der Waals surface area contributed by atoms with Crippen LogP contribution in [0.1, 0.15) is 47.7 Å². The van der Waals surface area contributed by atoms with Crippen molar-refractivity contribution in [1.82, 2.24) is 0 Å². The molecule has 1 aliphatic carbocycles. The number of quaternary nitrogens is 1. The van der Waals surface area contributed by atoms with Crippen LogP contribution in [0, 0.1) is 0 Å². The molecular formula is C17H28NO2+. The van der Waals surface area contributed by atoms with Crippen molar-refractivity contribution >= 4 is 0 Å². The van der Waals surface area contributed by atoms with E-state index in [1.807, 2.05) is 12.1 Å². The van der Waals surface area contributed by atoms with Crippen LogP contribution in [0.15, 0.2) is 24.3 Å². The zero-order valence-corrected chi connectivity index (χ0v) is 12.5. The summed E-state index contributed by atoms with van der Waals surface area (Å²) in [5.74, 6) is 0.384. The zero-order valence-electron chi connectivity index (χ0n) is 15.5. The quantitative estimate of drug-likeness (QED) is 0.860. The second-order valence-corrected chi connectivity index (χ2v) is 6.30. The average molecular weight is 281 g/mol. The second kappa shape index (κ2) is 6.59. The van der Waals surface area contributed by atoms with Gasteiger partial charge in [0.25, 0.3) is 0 Å². The standard InChI is InChI=1S/C17H27NO2/c1-18(2)13-16(17(19)11-5-4-6-12-17)14-7-9-15(20-3)10-8-14/h7-10,16,19H,4-6,11-13H2,1-3H3/p+1/i3D3. The Labute approximate surface area is 126 Å². The summed E-state index contributed by atoms with van der Waals surface area (Å²) in [6.07, 6.45) is 4.98. The monoisotopic (exact) mass is 281 g/mol. The lowest BCUT2D eigenvalue weighted by molar-refractivity contribution is -0.860. The molecule has 0 amide bonds. The summed E-state index contributed by atoms with van der Waals surface area (Å²) in [4.78, 5) is 1.29. The van der Waals surface area contributed by atoms with Gasteiger partial charge in [0.15, 0.2) is 0 Å². The third-order valence-electron chi connectivity index (χ3n) is 4.38. The van der Waals surface area contributed by atoms with E-state index in [4.69, 9.17) is 8.85 Å². The molecule has 1 unspecified atom stereocenters. The van der Waals surface area contributed by atoms with Crippen molar-refractivity contribution in [2.24, 2.45) is 0 Å². The van der Waals surface area contributed by atoms with Gasteiger partial charge in [0.05, 0.1) is 43.3 Å². The van der Waals surface area contributed by atoms with Crippen molar-refractivity contribution in [2.75, 3.05) is 27.7 Å². The number of rotatable bonds is 5. The maximum absolute atomic E-state index is 11.2. The highest BCUT2D eigenvalue weighted by molar-refractivity contribution is 5.31. The first-order chi connectivity index (χ1) is 10.7. The molecule has 2 rings (SSSR count). The number of benzene rings is 1. The van der Waals surface area contributed by atoms with Gasteiger partial charge < -0.3 is 14.7 Å². The highest BCUT2D eigenvalue weighted by Crippen LogP contribution is 2.39. The molecule has 0 spiro atoms. The topological polar surface area (TPSA) is 33.9 Å². The average Bonchev–Trinajstić information content (AvgIpc) is 2.45. The Morgan fingerprint density at radius 3 is 2.45 bits per heavy atom. The van der Waals surface area contributed by atoms with Gasteiger partial charge >= 0.3 is 0 Å². The summed E-state index contributed by atoms with van der Waals surface area (Å²) in [5.41, 5.74) is 0.385. The Morgan fingerprint density at radius 1 is 1.25 bits per heavy atom. The molecule has 3 nitrogen and oxygen atoms in total. The van der Waals surface area contributed by atoms with Crippen LogP contribution in [0.25, 0.3) is 0 Å². The minimum Gasteiger partial charge on any atom is -0.497 e. The van der Waals surface area contributed by atoms with E-state index in [1.165, 1.54) is 11.3 Å². The van der Waals surface area contributed by atoms with Gasteiger partial charge in [-0.2, -0.15) is 0 Å². The number of likely N-dealkylation sites (N-methyl/N-ethyl adjacent to an activating group) is 1. The Hall–Kier alpha value is -1.06. The van der Waals surface area contributed by atoms with Crippen LogP contribution in [0.5, 0.6) is 5.75 Å². The van der Waals surface area contributed by atoms with Crippen LogP contribution < -0.4 is 9.64 Å². The maximum Gasteiger partial charge on any atom is 0.118 e. The summed E-state index contributed by atoms with van der Waals surface area (Å²) >= 11 is 0. The number of aliphatic hydroxyl groups is 1. The van der Waals surface area contributed by atoms with Crippen LogP contribution >= 0.6 is 0 Å². The van der Waals surface area contributed by atoms with Crippen LogP contribution in [-0.2, 0) is 0 Å². The lowest BCUT2D eigenvalue weighted by atomic mass is 9.72. The molecule has 3 heteroatoms. The molecule has 112 valence electrons. The highest BCUT2D eigenvalue weighted by Gasteiger charge is 2.40. The van der Waals surface area contributed by atoms with Gasteiger partial charge in [-0.3, -0.25) is 0 Å². The van der Waals surface area contributed by atoms with Crippen molar-refractivity contribution in [1.29, 1.82) is 0 Å². The van der Waals surface area contributed by atoms with Crippen molar-refractivity contribution in [3.8, 4) is 5.75 Å². The molecule has 0 radical (unpaired) electrons. The van der Waals surface area contributed by atoms with E-state index in [0.29, 0.717) is 5.75 Å². The fourth-order valence-corrected chi connectivity index (χ4v) is 3.31. The van der Waals surface area contributed by atoms with Gasteiger partial charge in [0.2, 0.25) is 0 Å². The molecular weight excluding hydrogens is 250 g/mol. The number of methoxy groups -OCH3 is 1. The lowest BCUT2D eigenvalue weighted by Gasteiger charge is -2.39. The predicted octanol–water partition coefficient (Wildman–Crippen LogP) is 1.62. The maximum atomic E-state index is 11.2. The van der Waals surface area contributed by atoms with E-state index in [1.54, 1.807) is 12.1 Å². The predicted molar refractivity (Wildman–Crippen MR) is 81.4 cm³/mol. The van der Waals surface area contributed by atoms with Crippen LogP contribution in [0.3, 0.4) is 0 Å². The fourth-order valence-electron chi connectivity index (χ4n) is 3.31. The molecule has 0 aromatic heterocycles. The smallest absolute Gasteiger partial charge is 0.118 e. The summed E-state index contributed by atoms with van der Waals surface area (Å²) < 4.78 is 26.4. The van der Waals surface area contributed by atoms with E-state index in [0.717, 1.165) is 37.8 Å². The van der Waals surface area contributed by atoms with Gasteiger partial charge in [-0.05, 0) is 30.5 Å². The summed E-state index contributed by atoms with van der Waals surface area (Å²) in [5, 5.41) is 11.2. The minimum absolute atomic E-state index is 0.0506. The molecule has 0 bridgehead atoms. The molecule has 0 saturated heterocycles. The van der Waals surface area contributed by atoms with Crippen molar-refractivity contribution in [2.45, 2.75) is 43.6 Å². The summed E-state index contributed by atoms with van der Waals surface area (Å²) in [7, 11) is 1.74. The number of hydrogen-bond acceptors (Lipinski definition) is 2. The zero-order chi connectivity index (χ0) is 17.1. The molecule has 0 heterocycles. The van der Waals surface area contributed by atoms with Crippen LogP contribution in [0.4, 0.5) is 0 Å².